The Morgan fingerprint density at radius 2 is 1.86 bits per heavy atom. The van der Waals surface area contributed by atoms with E-state index in [0.29, 0.717) is 0 Å². The molecule has 4 heteroatoms. The second-order valence-corrected chi connectivity index (χ2v) is 6.38. The summed E-state index contributed by atoms with van der Waals surface area (Å²) in [6.07, 6.45) is 8.04. The van der Waals surface area contributed by atoms with Crippen molar-refractivity contribution in [1.82, 2.24) is 9.97 Å². The minimum Gasteiger partial charge on any atom is -0.370 e. The molecule has 0 aromatic carbocycles. The van der Waals surface area contributed by atoms with Gasteiger partial charge in [-0.15, -0.1) is 0 Å². The Hall–Kier alpha value is -1.32. The van der Waals surface area contributed by atoms with Crippen molar-refractivity contribution in [2.45, 2.75) is 59.3 Å². The third-order valence-corrected chi connectivity index (χ3v) is 4.39. The van der Waals surface area contributed by atoms with Crippen LogP contribution in [-0.2, 0) is 0 Å². The zero-order valence-corrected chi connectivity index (χ0v) is 14.1. The van der Waals surface area contributed by atoms with Crippen LogP contribution in [0.4, 0.5) is 11.6 Å². The van der Waals surface area contributed by atoms with E-state index < -0.39 is 0 Å². The number of nitrogens with one attached hydrogen (secondary N) is 1. The summed E-state index contributed by atoms with van der Waals surface area (Å²) in [7, 11) is 2.17. The molecular weight excluding hydrogens is 260 g/mol. The highest BCUT2D eigenvalue weighted by Crippen LogP contribution is 2.28. The zero-order valence-electron chi connectivity index (χ0n) is 14.1. The highest BCUT2D eigenvalue weighted by molar-refractivity contribution is 5.58. The molecule has 1 N–H and O–H groups in total. The molecule has 1 saturated carbocycles. The van der Waals surface area contributed by atoms with E-state index in [1.807, 2.05) is 6.92 Å². The van der Waals surface area contributed by atoms with E-state index in [2.05, 4.69) is 41.1 Å². The van der Waals surface area contributed by atoms with Gasteiger partial charge in [-0.3, -0.25) is 0 Å². The first kappa shape index (κ1) is 16.1. The monoisotopic (exact) mass is 290 g/mol. The van der Waals surface area contributed by atoms with Crippen LogP contribution in [0.15, 0.2) is 0 Å². The Morgan fingerprint density at radius 1 is 1.14 bits per heavy atom. The molecule has 118 valence electrons. The van der Waals surface area contributed by atoms with Gasteiger partial charge in [-0.1, -0.05) is 26.2 Å². The maximum Gasteiger partial charge on any atom is 0.137 e. The van der Waals surface area contributed by atoms with Gasteiger partial charge < -0.3 is 10.2 Å². The van der Waals surface area contributed by atoms with Crippen LogP contribution in [0, 0.1) is 19.8 Å². The molecule has 0 unspecified atom stereocenters. The fourth-order valence-electron chi connectivity index (χ4n) is 3.24. The summed E-state index contributed by atoms with van der Waals surface area (Å²) in [4.78, 5) is 11.6. The standard InChI is InChI=1S/C17H30N4/c1-5-11-18-16-13(2)17(20-14(3)19-16)21(4)12-15-9-7-6-8-10-15/h15H,5-12H2,1-4H3,(H,18,19,20). The maximum absolute atomic E-state index is 4.68. The number of anilines is 2. The van der Waals surface area contributed by atoms with Crippen molar-refractivity contribution in [2.75, 3.05) is 30.4 Å². The Bertz CT molecular complexity index is 452. The summed E-state index contributed by atoms with van der Waals surface area (Å²) in [5.41, 5.74) is 1.17. The SMILES string of the molecule is CCCNc1nc(C)nc(N(C)CC2CCCCC2)c1C. The molecule has 1 aromatic heterocycles. The van der Waals surface area contributed by atoms with Gasteiger partial charge in [0.05, 0.1) is 0 Å². The van der Waals surface area contributed by atoms with Crippen molar-refractivity contribution in [1.29, 1.82) is 0 Å². The Balaban J connectivity index is 2.11. The van der Waals surface area contributed by atoms with Gasteiger partial charge >= 0.3 is 0 Å². The van der Waals surface area contributed by atoms with E-state index in [-0.39, 0.29) is 0 Å². The molecular formula is C17H30N4. The second-order valence-electron chi connectivity index (χ2n) is 6.38. The Kier molecular flexibility index (Phi) is 5.83. The van der Waals surface area contributed by atoms with Gasteiger partial charge in [0, 0.05) is 25.7 Å². The third-order valence-electron chi connectivity index (χ3n) is 4.39. The van der Waals surface area contributed by atoms with Crippen LogP contribution in [0.2, 0.25) is 0 Å². The van der Waals surface area contributed by atoms with Crippen molar-refractivity contribution >= 4 is 11.6 Å². The summed E-state index contributed by atoms with van der Waals surface area (Å²) >= 11 is 0. The lowest BCUT2D eigenvalue weighted by molar-refractivity contribution is 0.361. The Labute approximate surface area is 129 Å². The topological polar surface area (TPSA) is 41.1 Å². The quantitative estimate of drug-likeness (QED) is 0.862. The van der Waals surface area contributed by atoms with E-state index >= 15 is 0 Å². The summed E-state index contributed by atoms with van der Waals surface area (Å²) in [6.45, 7) is 8.36. The molecule has 1 heterocycles. The molecule has 1 aliphatic rings. The number of hydrogen-bond donors (Lipinski definition) is 1. The van der Waals surface area contributed by atoms with E-state index in [1.54, 1.807) is 0 Å². The summed E-state index contributed by atoms with van der Waals surface area (Å²) in [5, 5.41) is 3.42. The number of nitrogens with zero attached hydrogens (tertiary/aromatic N) is 3. The van der Waals surface area contributed by atoms with Gasteiger partial charge in [-0.2, -0.15) is 0 Å². The predicted octanol–water partition coefficient (Wildman–Crippen LogP) is 3.93. The molecule has 4 nitrogen and oxygen atoms in total. The lowest BCUT2D eigenvalue weighted by Gasteiger charge is -2.29. The van der Waals surface area contributed by atoms with Gasteiger partial charge in [0.15, 0.2) is 0 Å². The lowest BCUT2D eigenvalue weighted by Crippen LogP contribution is -2.28. The van der Waals surface area contributed by atoms with E-state index in [0.717, 1.165) is 42.9 Å². The van der Waals surface area contributed by atoms with Crippen molar-refractivity contribution in [3.05, 3.63) is 11.4 Å². The molecule has 0 spiro atoms. The molecule has 0 radical (unpaired) electrons. The van der Waals surface area contributed by atoms with Crippen LogP contribution in [0.5, 0.6) is 0 Å². The average molecular weight is 290 g/mol. The molecule has 21 heavy (non-hydrogen) atoms. The van der Waals surface area contributed by atoms with Crippen LogP contribution < -0.4 is 10.2 Å². The van der Waals surface area contributed by atoms with Gasteiger partial charge in [0.25, 0.3) is 0 Å². The molecule has 1 fully saturated rings. The molecule has 0 amide bonds. The smallest absolute Gasteiger partial charge is 0.137 e. The van der Waals surface area contributed by atoms with E-state index in [1.165, 1.54) is 37.7 Å². The minimum absolute atomic E-state index is 0.825. The lowest BCUT2D eigenvalue weighted by atomic mass is 9.89. The van der Waals surface area contributed by atoms with Crippen molar-refractivity contribution in [3.8, 4) is 0 Å². The first-order valence-corrected chi connectivity index (χ1v) is 8.42. The largest absolute Gasteiger partial charge is 0.370 e. The highest BCUT2D eigenvalue weighted by Gasteiger charge is 2.18. The normalized spacial score (nSPS) is 16.0. The number of rotatable bonds is 6. The van der Waals surface area contributed by atoms with E-state index in [9.17, 15) is 0 Å². The van der Waals surface area contributed by atoms with Gasteiger partial charge in [0.2, 0.25) is 0 Å². The molecule has 1 aromatic rings. The van der Waals surface area contributed by atoms with Crippen molar-refractivity contribution < 1.29 is 0 Å². The fourth-order valence-corrected chi connectivity index (χ4v) is 3.24. The predicted molar refractivity (Wildman–Crippen MR) is 90.1 cm³/mol. The van der Waals surface area contributed by atoms with Crippen LogP contribution in [0.25, 0.3) is 0 Å². The molecule has 0 saturated heterocycles. The second kappa shape index (κ2) is 7.62. The maximum atomic E-state index is 4.68. The first-order valence-electron chi connectivity index (χ1n) is 8.42. The zero-order chi connectivity index (χ0) is 15.2. The van der Waals surface area contributed by atoms with Crippen LogP contribution in [0.3, 0.4) is 0 Å². The minimum atomic E-state index is 0.825. The Morgan fingerprint density at radius 3 is 2.52 bits per heavy atom. The third kappa shape index (κ3) is 4.32. The highest BCUT2D eigenvalue weighted by atomic mass is 15.2. The average Bonchev–Trinajstić information content (AvgIpc) is 2.48. The molecule has 0 bridgehead atoms. The van der Waals surface area contributed by atoms with Gasteiger partial charge in [0.1, 0.15) is 17.5 Å². The first-order chi connectivity index (χ1) is 10.1. The van der Waals surface area contributed by atoms with E-state index in [4.69, 9.17) is 0 Å². The molecule has 1 aliphatic carbocycles. The van der Waals surface area contributed by atoms with Crippen LogP contribution in [-0.4, -0.2) is 30.1 Å². The molecule has 2 rings (SSSR count). The van der Waals surface area contributed by atoms with Crippen molar-refractivity contribution in [2.24, 2.45) is 5.92 Å². The molecule has 0 aliphatic heterocycles. The molecule has 0 atom stereocenters. The van der Waals surface area contributed by atoms with Crippen LogP contribution in [0.1, 0.15) is 56.8 Å². The summed E-state index contributed by atoms with van der Waals surface area (Å²) in [5.74, 6) is 3.76. The number of aryl methyl sites for hydroxylation is 1. The van der Waals surface area contributed by atoms with Crippen LogP contribution >= 0.6 is 0 Å². The number of aromatic nitrogens is 2. The van der Waals surface area contributed by atoms with Crippen molar-refractivity contribution in [3.63, 3.8) is 0 Å². The van der Waals surface area contributed by atoms with Gasteiger partial charge in [-0.05, 0) is 39.0 Å². The summed E-state index contributed by atoms with van der Waals surface area (Å²) in [6, 6.07) is 0. The fraction of sp³-hybridized carbons (Fsp3) is 0.765. The number of hydrogen-bond acceptors (Lipinski definition) is 4. The summed E-state index contributed by atoms with van der Waals surface area (Å²) < 4.78 is 0. The van der Waals surface area contributed by atoms with Gasteiger partial charge in [-0.25, -0.2) is 9.97 Å².